The average Bonchev–Trinajstić information content (AvgIpc) is 2.51. The zero-order valence-electron chi connectivity index (χ0n) is 11.7. The lowest BCUT2D eigenvalue weighted by Gasteiger charge is -2.39. The molecule has 1 aromatic carbocycles. The van der Waals surface area contributed by atoms with Crippen molar-refractivity contribution in [1.82, 2.24) is 14.9 Å². The lowest BCUT2D eigenvalue weighted by Crippen LogP contribution is -2.57. The number of rotatable bonds is 4. The zero-order chi connectivity index (χ0) is 14.7. The molecular formula is C15H16N4O2. The first kappa shape index (κ1) is 13.4. The van der Waals surface area contributed by atoms with E-state index in [2.05, 4.69) is 15.3 Å². The standard InChI is InChI=1S/C15H16N4O2/c1-21-13-5-2-4-11(8-13)14(20)19-9-12(10-19)18-15-16-6-3-7-17-15/h2-8,12H,9-10H2,1H3,(H,16,17,18). The molecular weight excluding hydrogens is 268 g/mol. The van der Waals surface area contributed by atoms with Gasteiger partial charge in [-0.3, -0.25) is 4.79 Å². The highest BCUT2D eigenvalue weighted by Crippen LogP contribution is 2.19. The summed E-state index contributed by atoms with van der Waals surface area (Å²) in [4.78, 5) is 22.3. The number of nitrogens with one attached hydrogen (secondary N) is 1. The van der Waals surface area contributed by atoms with Crippen molar-refractivity contribution in [2.24, 2.45) is 0 Å². The predicted molar refractivity (Wildman–Crippen MR) is 78.3 cm³/mol. The van der Waals surface area contributed by atoms with E-state index in [9.17, 15) is 4.79 Å². The second-order valence-electron chi connectivity index (χ2n) is 4.86. The summed E-state index contributed by atoms with van der Waals surface area (Å²) in [6, 6.07) is 9.16. The molecule has 6 nitrogen and oxygen atoms in total. The Bertz CT molecular complexity index is 627. The van der Waals surface area contributed by atoms with Crippen LogP contribution in [0, 0.1) is 0 Å². The Balaban J connectivity index is 1.57. The highest BCUT2D eigenvalue weighted by Gasteiger charge is 2.31. The van der Waals surface area contributed by atoms with E-state index in [0.29, 0.717) is 30.4 Å². The van der Waals surface area contributed by atoms with E-state index in [1.54, 1.807) is 42.6 Å². The molecule has 0 radical (unpaired) electrons. The van der Waals surface area contributed by atoms with Crippen LogP contribution in [0.3, 0.4) is 0 Å². The summed E-state index contributed by atoms with van der Waals surface area (Å²) < 4.78 is 5.14. The molecule has 0 aliphatic carbocycles. The Morgan fingerprint density at radius 3 is 2.76 bits per heavy atom. The van der Waals surface area contributed by atoms with Crippen molar-refractivity contribution in [3.05, 3.63) is 48.3 Å². The topological polar surface area (TPSA) is 67.3 Å². The minimum atomic E-state index is 0.0148. The molecule has 1 fully saturated rings. The minimum Gasteiger partial charge on any atom is -0.497 e. The van der Waals surface area contributed by atoms with Gasteiger partial charge >= 0.3 is 0 Å². The predicted octanol–water partition coefficient (Wildman–Crippen LogP) is 1.42. The molecule has 0 saturated carbocycles. The van der Waals surface area contributed by atoms with Crippen molar-refractivity contribution in [3.8, 4) is 5.75 Å². The average molecular weight is 284 g/mol. The van der Waals surface area contributed by atoms with E-state index in [1.807, 2.05) is 12.1 Å². The number of anilines is 1. The van der Waals surface area contributed by atoms with Crippen molar-refractivity contribution in [1.29, 1.82) is 0 Å². The van der Waals surface area contributed by atoms with Gasteiger partial charge in [-0.05, 0) is 24.3 Å². The molecule has 21 heavy (non-hydrogen) atoms. The first-order valence-corrected chi connectivity index (χ1v) is 6.73. The number of hydrogen-bond acceptors (Lipinski definition) is 5. The Morgan fingerprint density at radius 2 is 2.05 bits per heavy atom. The molecule has 1 saturated heterocycles. The summed E-state index contributed by atoms with van der Waals surface area (Å²) >= 11 is 0. The second-order valence-corrected chi connectivity index (χ2v) is 4.86. The summed E-state index contributed by atoms with van der Waals surface area (Å²) in [6.07, 6.45) is 3.38. The number of methoxy groups -OCH3 is 1. The molecule has 1 aliphatic rings. The van der Waals surface area contributed by atoms with Gasteiger partial charge in [-0.25, -0.2) is 9.97 Å². The van der Waals surface area contributed by atoms with Gasteiger partial charge < -0.3 is 15.0 Å². The normalized spacial score (nSPS) is 14.4. The maximum absolute atomic E-state index is 12.3. The van der Waals surface area contributed by atoms with Gasteiger partial charge in [0.15, 0.2) is 0 Å². The number of nitrogens with zero attached hydrogens (tertiary/aromatic N) is 3. The molecule has 1 aromatic heterocycles. The third-order valence-corrected chi connectivity index (χ3v) is 3.38. The van der Waals surface area contributed by atoms with E-state index < -0.39 is 0 Å². The molecule has 0 unspecified atom stereocenters. The van der Waals surface area contributed by atoms with Crippen LogP contribution in [-0.2, 0) is 0 Å². The fraction of sp³-hybridized carbons (Fsp3) is 0.267. The van der Waals surface area contributed by atoms with Crippen molar-refractivity contribution in [2.45, 2.75) is 6.04 Å². The van der Waals surface area contributed by atoms with E-state index in [4.69, 9.17) is 4.74 Å². The van der Waals surface area contributed by atoms with Crippen LogP contribution in [-0.4, -0.2) is 47.0 Å². The largest absolute Gasteiger partial charge is 0.497 e. The molecule has 6 heteroatoms. The second kappa shape index (κ2) is 5.78. The van der Waals surface area contributed by atoms with Gasteiger partial charge in [-0.1, -0.05) is 6.07 Å². The van der Waals surface area contributed by atoms with Crippen molar-refractivity contribution in [2.75, 3.05) is 25.5 Å². The van der Waals surface area contributed by atoms with E-state index in [1.165, 1.54) is 0 Å². The number of hydrogen-bond donors (Lipinski definition) is 1. The number of amides is 1. The summed E-state index contributed by atoms with van der Waals surface area (Å²) in [5.41, 5.74) is 0.642. The van der Waals surface area contributed by atoms with Gasteiger partial charge in [0.1, 0.15) is 5.75 Å². The lowest BCUT2D eigenvalue weighted by molar-refractivity contribution is 0.0624. The van der Waals surface area contributed by atoms with E-state index in [-0.39, 0.29) is 11.9 Å². The first-order chi connectivity index (χ1) is 10.3. The van der Waals surface area contributed by atoms with Gasteiger partial charge in [-0.15, -0.1) is 0 Å². The van der Waals surface area contributed by atoms with E-state index >= 15 is 0 Å². The third kappa shape index (κ3) is 2.94. The van der Waals surface area contributed by atoms with Crippen LogP contribution >= 0.6 is 0 Å². The van der Waals surface area contributed by atoms with Crippen LogP contribution in [0.5, 0.6) is 5.75 Å². The van der Waals surface area contributed by atoms with Gasteiger partial charge in [0.2, 0.25) is 5.95 Å². The number of ether oxygens (including phenoxy) is 1. The molecule has 108 valence electrons. The molecule has 1 N–H and O–H groups in total. The van der Waals surface area contributed by atoms with Crippen LogP contribution in [0.4, 0.5) is 5.95 Å². The maximum atomic E-state index is 12.3. The van der Waals surface area contributed by atoms with Crippen LogP contribution in [0.15, 0.2) is 42.7 Å². The molecule has 0 spiro atoms. The van der Waals surface area contributed by atoms with Crippen molar-refractivity contribution < 1.29 is 9.53 Å². The molecule has 0 bridgehead atoms. The highest BCUT2D eigenvalue weighted by atomic mass is 16.5. The van der Waals surface area contributed by atoms with Crippen LogP contribution < -0.4 is 10.1 Å². The molecule has 1 amide bonds. The van der Waals surface area contributed by atoms with Gasteiger partial charge in [0, 0.05) is 31.0 Å². The SMILES string of the molecule is COc1cccc(C(=O)N2CC(Nc3ncccn3)C2)c1. The molecule has 2 aromatic rings. The summed E-state index contributed by atoms with van der Waals surface area (Å²) in [5.74, 6) is 1.30. The summed E-state index contributed by atoms with van der Waals surface area (Å²) in [7, 11) is 1.59. The Morgan fingerprint density at radius 1 is 1.29 bits per heavy atom. The van der Waals surface area contributed by atoms with E-state index in [0.717, 1.165) is 0 Å². The zero-order valence-corrected chi connectivity index (χ0v) is 11.7. The smallest absolute Gasteiger partial charge is 0.254 e. The Hall–Kier alpha value is -2.63. The minimum absolute atomic E-state index is 0.0148. The molecule has 2 heterocycles. The number of aromatic nitrogens is 2. The van der Waals surface area contributed by atoms with Crippen molar-refractivity contribution >= 4 is 11.9 Å². The van der Waals surface area contributed by atoms with Gasteiger partial charge in [-0.2, -0.15) is 0 Å². The number of carbonyl (C=O) groups excluding carboxylic acids is 1. The highest BCUT2D eigenvalue weighted by molar-refractivity contribution is 5.95. The van der Waals surface area contributed by atoms with Crippen LogP contribution in [0.1, 0.15) is 10.4 Å². The van der Waals surface area contributed by atoms with Gasteiger partial charge in [0.05, 0.1) is 13.2 Å². The molecule has 1 aliphatic heterocycles. The number of carbonyl (C=O) groups is 1. The maximum Gasteiger partial charge on any atom is 0.254 e. The number of benzene rings is 1. The van der Waals surface area contributed by atoms with Gasteiger partial charge in [0.25, 0.3) is 5.91 Å². The fourth-order valence-electron chi connectivity index (χ4n) is 2.23. The number of likely N-dealkylation sites (tertiary alicyclic amines) is 1. The van der Waals surface area contributed by atoms with Crippen LogP contribution in [0.25, 0.3) is 0 Å². The third-order valence-electron chi connectivity index (χ3n) is 3.38. The molecule has 0 atom stereocenters. The van der Waals surface area contributed by atoms with Crippen LogP contribution in [0.2, 0.25) is 0 Å². The first-order valence-electron chi connectivity index (χ1n) is 6.73. The monoisotopic (exact) mass is 284 g/mol. The quantitative estimate of drug-likeness (QED) is 0.919. The summed E-state index contributed by atoms with van der Waals surface area (Å²) in [5, 5.41) is 3.20. The fourth-order valence-corrected chi connectivity index (χ4v) is 2.23. The molecule has 3 rings (SSSR count). The lowest BCUT2D eigenvalue weighted by atomic mass is 10.1. The Labute approximate surface area is 122 Å². The summed E-state index contributed by atoms with van der Waals surface area (Å²) in [6.45, 7) is 1.29. The van der Waals surface area contributed by atoms with Crippen molar-refractivity contribution in [3.63, 3.8) is 0 Å². The Kier molecular flexibility index (Phi) is 3.68.